The highest BCUT2D eigenvalue weighted by molar-refractivity contribution is 7.90. The van der Waals surface area contributed by atoms with Crippen LogP contribution in [0.4, 0.5) is 4.39 Å². The van der Waals surface area contributed by atoms with Crippen LogP contribution in [-0.4, -0.2) is 28.9 Å². The fraction of sp³-hybridized carbons (Fsp3) is 0.250. The molecule has 0 bridgehead atoms. The van der Waals surface area contributed by atoms with Crippen LogP contribution >= 0.6 is 0 Å². The fourth-order valence-corrected chi connectivity index (χ4v) is 2.66. The zero-order chi connectivity index (χ0) is 15.6. The molecule has 2 aromatic heterocycles. The van der Waals surface area contributed by atoms with Gasteiger partial charge < -0.3 is 4.57 Å². The predicted octanol–water partition coefficient (Wildman–Crippen LogP) is 0.864. The minimum atomic E-state index is -4.13. The van der Waals surface area contributed by atoms with Crippen molar-refractivity contribution in [3.05, 3.63) is 41.9 Å². The quantitative estimate of drug-likeness (QED) is 0.845. The van der Waals surface area contributed by atoms with Crippen molar-refractivity contribution in [3.63, 3.8) is 0 Å². The number of carbonyl (C=O) groups excluding carboxylic acids is 1. The van der Waals surface area contributed by atoms with Gasteiger partial charge in [0.1, 0.15) is 11.5 Å². The van der Waals surface area contributed by atoms with Gasteiger partial charge in [0.2, 0.25) is 5.95 Å². The lowest BCUT2D eigenvalue weighted by Gasteiger charge is -2.03. The third-order valence-corrected chi connectivity index (χ3v) is 3.95. The van der Waals surface area contributed by atoms with Crippen LogP contribution in [0.3, 0.4) is 0 Å². The van der Waals surface area contributed by atoms with E-state index >= 15 is 0 Å². The smallest absolute Gasteiger partial charge is 0.283 e. The minimum absolute atomic E-state index is 0.272. The van der Waals surface area contributed by atoms with Gasteiger partial charge in [0.05, 0.1) is 0 Å². The number of hydrogen-bond donors (Lipinski definition) is 1. The first-order valence-corrected chi connectivity index (χ1v) is 7.55. The third kappa shape index (κ3) is 3.24. The van der Waals surface area contributed by atoms with Crippen molar-refractivity contribution in [2.24, 2.45) is 0 Å². The Morgan fingerprint density at radius 2 is 2.10 bits per heavy atom. The highest BCUT2D eigenvalue weighted by atomic mass is 32.2. The summed E-state index contributed by atoms with van der Waals surface area (Å²) in [5.41, 5.74) is -0.328. The van der Waals surface area contributed by atoms with Gasteiger partial charge in [-0.15, -0.1) is 0 Å². The minimum Gasteiger partial charge on any atom is -0.334 e. The van der Waals surface area contributed by atoms with Gasteiger partial charge >= 0.3 is 0 Å². The number of sulfonamides is 1. The van der Waals surface area contributed by atoms with Crippen molar-refractivity contribution in [1.82, 2.24) is 19.3 Å². The van der Waals surface area contributed by atoms with Crippen LogP contribution in [0.1, 0.15) is 23.2 Å². The lowest BCUT2D eigenvalue weighted by atomic mass is 10.3. The zero-order valence-corrected chi connectivity index (χ0v) is 12.2. The number of nitrogens with zero attached hydrogens (tertiary/aromatic N) is 3. The van der Waals surface area contributed by atoms with E-state index in [4.69, 9.17) is 0 Å². The first-order valence-electron chi connectivity index (χ1n) is 6.07. The van der Waals surface area contributed by atoms with Crippen LogP contribution < -0.4 is 4.72 Å². The second kappa shape index (κ2) is 5.60. The van der Waals surface area contributed by atoms with E-state index in [0.29, 0.717) is 12.4 Å². The zero-order valence-electron chi connectivity index (χ0n) is 11.4. The lowest BCUT2D eigenvalue weighted by molar-refractivity contribution is 0.0975. The molecule has 0 spiro atoms. The second-order valence-corrected chi connectivity index (χ2v) is 5.82. The number of pyridine rings is 1. The Kier molecular flexibility index (Phi) is 4.03. The lowest BCUT2D eigenvalue weighted by Crippen LogP contribution is -2.31. The molecule has 0 saturated carbocycles. The van der Waals surface area contributed by atoms with Gasteiger partial charge in [0.15, 0.2) is 5.03 Å². The van der Waals surface area contributed by atoms with Gasteiger partial charge in [-0.2, -0.15) is 12.8 Å². The van der Waals surface area contributed by atoms with E-state index in [-0.39, 0.29) is 10.7 Å². The maximum Gasteiger partial charge on any atom is 0.283 e. The highest BCUT2D eigenvalue weighted by Gasteiger charge is 2.23. The standard InChI is InChI=1S/C12H13FN4O3S/c1-3-17-7-11(14-8(17)2)21(19,20)16-12(18)9-5-4-6-10(13)15-9/h4-7H,3H2,1-2H3,(H,16,18). The van der Waals surface area contributed by atoms with Gasteiger partial charge in [-0.3, -0.25) is 4.79 Å². The van der Waals surface area contributed by atoms with Gasteiger partial charge in [-0.1, -0.05) is 6.07 Å². The van der Waals surface area contributed by atoms with Crippen LogP contribution in [0.5, 0.6) is 0 Å². The van der Waals surface area contributed by atoms with Gasteiger partial charge in [-0.25, -0.2) is 14.7 Å². The van der Waals surface area contributed by atoms with Crippen molar-refractivity contribution in [3.8, 4) is 0 Å². The van der Waals surface area contributed by atoms with E-state index in [1.165, 1.54) is 18.3 Å². The summed E-state index contributed by atoms with van der Waals surface area (Å²) < 4.78 is 40.5. The van der Waals surface area contributed by atoms with Gasteiger partial charge in [0.25, 0.3) is 15.9 Å². The second-order valence-electron chi connectivity index (χ2n) is 4.19. The average molecular weight is 312 g/mol. The molecule has 0 aliphatic carbocycles. The normalized spacial score (nSPS) is 11.4. The van der Waals surface area contributed by atoms with Gasteiger partial charge in [0, 0.05) is 12.7 Å². The molecule has 7 nitrogen and oxygen atoms in total. The summed E-state index contributed by atoms with van der Waals surface area (Å²) in [7, 11) is -4.13. The fourth-order valence-electron chi connectivity index (χ4n) is 1.69. The summed E-state index contributed by atoms with van der Waals surface area (Å²) in [5, 5.41) is -0.272. The van der Waals surface area contributed by atoms with E-state index in [1.54, 1.807) is 11.5 Å². The van der Waals surface area contributed by atoms with Crippen molar-refractivity contribution in [2.45, 2.75) is 25.4 Å². The topological polar surface area (TPSA) is 94.0 Å². The Bertz CT molecular complexity index is 786. The molecule has 0 aliphatic rings. The molecule has 0 radical (unpaired) electrons. The molecular weight excluding hydrogens is 299 g/mol. The molecule has 9 heteroatoms. The Morgan fingerprint density at radius 3 is 2.67 bits per heavy atom. The largest absolute Gasteiger partial charge is 0.334 e. The summed E-state index contributed by atoms with van der Waals surface area (Å²) >= 11 is 0. The Labute approximate surface area is 120 Å². The number of amides is 1. The van der Waals surface area contributed by atoms with Crippen LogP contribution in [0.15, 0.2) is 29.4 Å². The van der Waals surface area contributed by atoms with Crippen LogP contribution in [0.2, 0.25) is 0 Å². The molecule has 2 heterocycles. The highest BCUT2D eigenvalue weighted by Crippen LogP contribution is 2.09. The summed E-state index contributed by atoms with van der Waals surface area (Å²) in [6.45, 7) is 4.03. The summed E-state index contributed by atoms with van der Waals surface area (Å²) in [5.74, 6) is -1.38. The van der Waals surface area contributed by atoms with Crippen molar-refractivity contribution < 1.29 is 17.6 Å². The number of nitrogens with one attached hydrogen (secondary N) is 1. The molecule has 21 heavy (non-hydrogen) atoms. The predicted molar refractivity (Wildman–Crippen MR) is 71.5 cm³/mol. The molecule has 2 aromatic rings. The van der Waals surface area contributed by atoms with Crippen molar-refractivity contribution >= 4 is 15.9 Å². The summed E-state index contributed by atoms with van der Waals surface area (Å²) in [6.07, 6.45) is 1.32. The molecular formula is C12H13FN4O3S. The molecule has 2 rings (SSSR count). The molecule has 0 atom stereocenters. The average Bonchev–Trinajstić information content (AvgIpc) is 2.80. The first kappa shape index (κ1) is 15.1. The monoisotopic (exact) mass is 312 g/mol. The Balaban J connectivity index is 2.26. The summed E-state index contributed by atoms with van der Waals surface area (Å²) in [6, 6.07) is 3.53. The number of aryl methyl sites for hydroxylation is 2. The van der Waals surface area contributed by atoms with E-state index < -0.39 is 21.9 Å². The molecule has 1 N–H and O–H groups in total. The number of rotatable bonds is 4. The maximum atomic E-state index is 12.9. The van der Waals surface area contributed by atoms with Crippen LogP contribution in [0, 0.1) is 12.9 Å². The first-order chi connectivity index (χ1) is 9.83. The SMILES string of the molecule is CCn1cc(S(=O)(=O)NC(=O)c2cccc(F)n2)nc1C. The number of hydrogen-bond acceptors (Lipinski definition) is 5. The van der Waals surface area contributed by atoms with Crippen molar-refractivity contribution in [2.75, 3.05) is 0 Å². The molecule has 1 amide bonds. The van der Waals surface area contributed by atoms with E-state index in [2.05, 4.69) is 9.97 Å². The molecule has 0 saturated heterocycles. The molecule has 0 unspecified atom stereocenters. The maximum absolute atomic E-state index is 12.9. The van der Waals surface area contributed by atoms with Crippen molar-refractivity contribution in [1.29, 1.82) is 0 Å². The van der Waals surface area contributed by atoms with E-state index in [9.17, 15) is 17.6 Å². The van der Waals surface area contributed by atoms with Crippen LogP contribution in [-0.2, 0) is 16.6 Å². The molecule has 112 valence electrons. The Hall–Kier alpha value is -2.29. The third-order valence-electron chi connectivity index (χ3n) is 2.74. The van der Waals surface area contributed by atoms with Crippen LogP contribution in [0.25, 0.3) is 0 Å². The number of halogens is 1. The number of imidazole rings is 1. The summed E-state index contributed by atoms with van der Waals surface area (Å²) in [4.78, 5) is 19.0. The molecule has 0 fully saturated rings. The van der Waals surface area contributed by atoms with E-state index in [1.807, 2.05) is 11.6 Å². The number of carbonyl (C=O) groups is 1. The van der Waals surface area contributed by atoms with Gasteiger partial charge in [-0.05, 0) is 26.0 Å². The molecule has 0 aromatic carbocycles. The number of aromatic nitrogens is 3. The molecule has 0 aliphatic heterocycles. The van der Waals surface area contributed by atoms with E-state index in [0.717, 1.165) is 6.07 Å². The Morgan fingerprint density at radius 1 is 1.38 bits per heavy atom.